The van der Waals surface area contributed by atoms with Crippen molar-refractivity contribution in [3.63, 3.8) is 0 Å². The van der Waals surface area contributed by atoms with Gasteiger partial charge in [0.25, 0.3) is 0 Å². The standard InChI is InChI=1S/C17H11Cl2NO3/c1-22-12-5-2-10(3-6-12)8-15-17(21)23-16(20-15)11-4-7-13(18)14(19)9-11/h2-9H,1H3/b15-8-. The van der Waals surface area contributed by atoms with E-state index in [1.165, 1.54) is 0 Å². The fraction of sp³-hybridized carbons (Fsp3) is 0.0588. The van der Waals surface area contributed by atoms with Crippen molar-refractivity contribution in [1.29, 1.82) is 0 Å². The highest BCUT2D eigenvalue weighted by molar-refractivity contribution is 6.42. The Labute approximate surface area is 143 Å². The molecule has 0 aliphatic carbocycles. The van der Waals surface area contributed by atoms with Crippen LogP contribution in [-0.2, 0) is 9.53 Å². The van der Waals surface area contributed by atoms with E-state index in [2.05, 4.69) is 4.99 Å². The maximum absolute atomic E-state index is 11.9. The molecule has 4 nitrogen and oxygen atoms in total. The number of hydrogen-bond acceptors (Lipinski definition) is 4. The van der Waals surface area contributed by atoms with Crippen LogP contribution in [0.5, 0.6) is 5.75 Å². The largest absolute Gasteiger partial charge is 0.497 e. The molecule has 0 N–H and O–H groups in total. The summed E-state index contributed by atoms with van der Waals surface area (Å²) in [6, 6.07) is 12.2. The number of ether oxygens (including phenoxy) is 2. The first-order chi connectivity index (χ1) is 11.1. The zero-order valence-corrected chi connectivity index (χ0v) is 13.6. The summed E-state index contributed by atoms with van der Waals surface area (Å²) in [7, 11) is 1.59. The Morgan fingerprint density at radius 1 is 1.09 bits per heavy atom. The van der Waals surface area contributed by atoms with Gasteiger partial charge < -0.3 is 9.47 Å². The minimum Gasteiger partial charge on any atom is -0.497 e. The molecule has 1 aliphatic rings. The van der Waals surface area contributed by atoms with Gasteiger partial charge in [0, 0.05) is 5.56 Å². The van der Waals surface area contributed by atoms with E-state index < -0.39 is 5.97 Å². The summed E-state index contributed by atoms with van der Waals surface area (Å²) in [6.45, 7) is 0. The zero-order valence-electron chi connectivity index (χ0n) is 12.0. The lowest BCUT2D eigenvalue weighted by atomic mass is 10.2. The molecule has 0 radical (unpaired) electrons. The molecule has 0 atom stereocenters. The van der Waals surface area contributed by atoms with E-state index in [0.717, 1.165) is 11.3 Å². The molecule has 116 valence electrons. The fourth-order valence-electron chi connectivity index (χ4n) is 2.02. The number of benzene rings is 2. The van der Waals surface area contributed by atoms with Gasteiger partial charge in [-0.3, -0.25) is 0 Å². The molecular formula is C17H11Cl2NO3. The van der Waals surface area contributed by atoms with Crippen LogP contribution in [0, 0.1) is 0 Å². The first kappa shape index (κ1) is 15.6. The molecular weight excluding hydrogens is 337 g/mol. The third-order valence-corrected chi connectivity index (χ3v) is 3.95. The SMILES string of the molecule is COc1ccc(/C=C2\N=C(c3ccc(Cl)c(Cl)c3)OC2=O)cc1. The summed E-state index contributed by atoms with van der Waals surface area (Å²) in [5.74, 6) is 0.427. The second kappa shape index (κ2) is 6.44. The van der Waals surface area contributed by atoms with Crippen LogP contribution in [0.15, 0.2) is 53.2 Å². The number of nitrogens with zero attached hydrogens (tertiary/aromatic N) is 1. The third-order valence-electron chi connectivity index (χ3n) is 3.21. The van der Waals surface area contributed by atoms with Gasteiger partial charge in [0.2, 0.25) is 5.90 Å². The summed E-state index contributed by atoms with van der Waals surface area (Å²) < 4.78 is 10.3. The quantitative estimate of drug-likeness (QED) is 0.612. The number of carbonyl (C=O) groups is 1. The molecule has 0 aromatic heterocycles. The van der Waals surface area contributed by atoms with Crippen LogP contribution in [0.25, 0.3) is 6.08 Å². The van der Waals surface area contributed by atoms with Gasteiger partial charge in [-0.15, -0.1) is 0 Å². The minimum absolute atomic E-state index is 0.202. The molecule has 3 rings (SSSR count). The number of aliphatic imine (C=N–C) groups is 1. The lowest BCUT2D eigenvalue weighted by Crippen LogP contribution is -2.05. The van der Waals surface area contributed by atoms with Gasteiger partial charge in [-0.2, -0.15) is 0 Å². The van der Waals surface area contributed by atoms with Gasteiger partial charge in [-0.1, -0.05) is 35.3 Å². The summed E-state index contributed by atoms with van der Waals surface area (Å²) in [4.78, 5) is 16.2. The van der Waals surface area contributed by atoms with E-state index in [1.54, 1.807) is 43.5 Å². The number of carbonyl (C=O) groups excluding carboxylic acids is 1. The van der Waals surface area contributed by atoms with Crippen LogP contribution in [-0.4, -0.2) is 19.0 Å². The van der Waals surface area contributed by atoms with Crippen molar-refractivity contribution in [3.8, 4) is 5.75 Å². The molecule has 6 heteroatoms. The fourth-order valence-corrected chi connectivity index (χ4v) is 2.32. The van der Waals surface area contributed by atoms with Gasteiger partial charge in [0.15, 0.2) is 5.70 Å². The maximum Gasteiger partial charge on any atom is 0.363 e. The summed E-state index contributed by atoms with van der Waals surface area (Å²) in [6.07, 6.45) is 1.65. The molecule has 0 bridgehead atoms. The highest BCUT2D eigenvalue weighted by Gasteiger charge is 2.24. The van der Waals surface area contributed by atoms with Crippen molar-refractivity contribution >= 4 is 41.1 Å². The van der Waals surface area contributed by atoms with E-state index in [0.29, 0.717) is 15.6 Å². The monoisotopic (exact) mass is 347 g/mol. The lowest BCUT2D eigenvalue weighted by molar-refractivity contribution is -0.129. The molecule has 0 amide bonds. The molecule has 1 heterocycles. The molecule has 2 aromatic carbocycles. The number of halogens is 2. The summed E-state index contributed by atoms with van der Waals surface area (Å²) in [5.41, 5.74) is 1.62. The molecule has 0 saturated carbocycles. The van der Waals surface area contributed by atoms with Crippen LogP contribution >= 0.6 is 23.2 Å². The van der Waals surface area contributed by atoms with Crippen molar-refractivity contribution in [2.24, 2.45) is 4.99 Å². The topological polar surface area (TPSA) is 47.9 Å². The van der Waals surface area contributed by atoms with Gasteiger partial charge in [0.05, 0.1) is 17.2 Å². The molecule has 0 unspecified atom stereocenters. The van der Waals surface area contributed by atoms with Crippen LogP contribution in [0.2, 0.25) is 10.0 Å². The van der Waals surface area contributed by atoms with Crippen LogP contribution in [0.4, 0.5) is 0 Å². The Balaban J connectivity index is 1.90. The van der Waals surface area contributed by atoms with Crippen molar-refractivity contribution in [3.05, 3.63) is 69.3 Å². The Kier molecular flexibility index (Phi) is 4.37. The Bertz CT molecular complexity index is 826. The van der Waals surface area contributed by atoms with Crippen molar-refractivity contribution < 1.29 is 14.3 Å². The Morgan fingerprint density at radius 2 is 1.83 bits per heavy atom. The Morgan fingerprint density at radius 3 is 2.48 bits per heavy atom. The average Bonchev–Trinajstić information content (AvgIpc) is 2.92. The zero-order chi connectivity index (χ0) is 16.4. The van der Waals surface area contributed by atoms with Crippen molar-refractivity contribution in [1.82, 2.24) is 0 Å². The maximum atomic E-state index is 11.9. The van der Waals surface area contributed by atoms with E-state index in [9.17, 15) is 4.79 Å². The number of methoxy groups -OCH3 is 1. The summed E-state index contributed by atoms with van der Waals surface area (Å²) >= 11 is 11.8. The summed E-state index contributed by atoms with van der Waals surface area (Å²) in [5, 5.41) is 0.796. The van der Waals surface area contributed by atoms with E-state index in [1.807, 2.05) is 12.1 Å². The predicted molar refractivity (Wildman–Crippen MR) is 90.1 cm³/mol. The van der Waals surface area contributed by atoms with Crippen LogP contribution < -0.4 is 4.74 Å². The second-order valence-electron chi connectivity index (χ2n) is 4.74. The smallest absolute Gasteiger partial charge is 0.363 e. The highest BCUT2D eigenvalue weighted by atomic mass is 35.5. The van der Waals surface area contributed by atoms with E-state index in [-0.39, 0.29) is 11.6 Å². The van der Waals surface area contributed by atoms with E-state index >= 15 is 0 Å². The van der Waals surface area contributed by atoms with Crippen LogP contribution in [0.1, 0.15) is 11.1 Å². The predicted octanol–water partition coefficient (Wildman–Crippen LogP) is 4.35. The number of rotatable bonds is 3. The number of cyclic esters (lactones) is 1. The Hall–Kier alpha value is -2.30. The lowest BCUT2D eigenvalue weighted by Gasteiger charge is -2.01. The third kappa shape index (κ3) is 3.38. The minimum atomic E-state index is -0.512. The molecule has 2 aromatic rings. The van der Waals surface area contributed by atoms with Gasteiger partial charge in [0.1, 0.15) is 5.75 Å². The van der Waals surface area contributed by atoms with E-state index in [4.69, 9.17) is 32.7 Å². The van der Waals surface area contributed by atoms with Gasteiger partial charge >= 0.3 is 5.97 Å². The van der Waals surface area contributed by atoms with Crippen molar-refractivity contribution in [2.75, 3.05) is 7.11 Å². The van der Waals surface area contributed by atoms with Crippen LogP contribution in [0.3, 0.4) is 0 Å². The van der Waals surface area contributed by atoms with Gasteiger partial charge in [-0.05, 0) is 42.0 Å². The number of esters is 1. The van der Waals surface area contributed by atoms with Crippen molar-refractivity contribution in [2.45, 2.75) is 0 Å². The molecule has 1 aliphatic heterocycles. The molecule has 0 fully saturated rings. The highest BCUT2D eigenvalue weighted by Crippen LogP contribution is 2.26. The number of hydrogen-bond donors (Lipinski definition) is 0. The molecule has 0 saturated heterocycles. The first-order valence-corrected chi connectivity index (χ1v) is 7.44. The first-order valence-electron chi connectivity index (χ1n) is 6.69. The average molecular weight is 348 g/mol. The molecule has 0 spiro atoms. The van der Waals surface area contributed by atoms with Gasteiger partial charge in [-0.25, -0.2) is 9.79 Å². The molecule has 23 heavy (non-hydrogen) atoms. The second-order valence-corrected chi connectivity index (χ2v) is 5.55. The normalized spacial score (nSPS) is 15.5.